The van der Waals surface area contributed by atoms with Crippen molar-refractivity contribution in [1.82, 2.24) is 9.97 Å². The summed E-state index contributed by atoms with van der Waals surface area (Å²) in [5, 5.41) is 13.5. The van der Waals surface area contributed by atoms with Crippen molar-refractivity contribution in [2.24, 2.45) is 0 Å². The first-order chi connectivity index (χ1) is 9.13. The monoisotopic (exact) mass is 301 g/mol. The van der Waals surface area contributed by atoms with Gasteiger partial charge in [0.05, 0.1) is 18.0 Å². The van der Waals surface area contributed by atoms with Gasteiger partial charge in [0.15, 0.2) is 0 Å². The van der Waals surface area contributed by atoms with E-state index in [4.69, 9.17) is 21.4 Å². The van der Waals surface area contributed by atoms with Gasteiger partial charge in [-0.2, -0.15) is 0 Å². The summed E-state index contributed by atoms with van der Waals surface area (Å²) in [7, 11) is 1.63. The normalized spacial score (nSPS) is 12.8. The Morgan fingerprint density at radius 2 is 2.32 bits per heavy atom. The van der Waals surface area contributed by atoms with Gasteiger partial charge in [-0.1, -0.05) is 0 Å². The number of anilines is 1. The van der Waals surface area contributed by atoms with Crippen LogP contribution in [-0.2, 0) is 4.74 Å². The molecule has 1 unspecified atom stereocenters. The van der Waals surface area contributed by atoms with E-state index in [0.717, 1.165) is 15.1 Å². The van der Waals surface area contributed by atoms with Gasteiger partial charge in [-0.25, -0.2) is 9.97 Å². The number of aliphatic hydroxyl groups excluding tert-OH is 1. The van der Waals surface area contributed by atoms with Crippen LogP contribution in [0.5, 0.6) is 0 Å². The number of hydrogen-bond donors (Lipinski definition) is 2. The minimum absolute atomic E-state index is 0.00984. The fourth-order valence-corrected chi connectivity index (χ4v) is 2.97. The molecular formula is C12H16ClN3O2S. The number of hydrogen-bond acceptors (Lipinski definition) is 6. The van der Waals surface area contributed by atoms with Crippen molar-refractivity contribution in [3.8, 4) is 0 Å². The van der Waals surface area contributed by atoms with Crippen molar-refractivity contribution in [2.45, 2.75) is 19.4 Å². The van der Waals surface area contributed by atoms with Crippen LogP contribution in [0.25, 0.3) is 10.2 Å². The van der Waals surface area contributed by atoms with Gasteiger partial charge >= 0.3 is 0 Å². The summed E-state index contributed by atoms with van der Waals surface area (Å²) in [6, 6.07) is 2.02. The third-order valence-corrected chi connectivity index (χ3v) is 3.79. The quantitative estimate of drug-likeness (QED) is 0.802. The summed E-state index contributed by atoms with van der Waals surface area (Å²) in [6.45, 7) is 2.60. The highest BCUT2D eigenvalue weighted by Crippen LogP contribution is 2.30. The van der Waals surface area contributed by atoms with Crippen molar-refractivity contribution in [3.63, 3.8) is 0 Å². The first-order valence-electron chi connectivity index (χ1n) is 5.94. The van der Waals surface area contributed by atoms with Gasteiger partial charge in [-0.15, -0.1) is 11.3 Å². The van der Waals surface area contributed by atoms with Gasteiger partial charge in [0.1, 0.15) is 10.6 Å². The summed E-state index contributed by atoms with van der Waals surface area (Å²) in [4.78, 5) is 10.5. The number of aliphatic hydroxyl groups is 1. The molecule has 7 heteroatoms. The zero-order valence-electron chi connectivity index (χ0n) is 10.8. The van der Waals surface area contributed by atoms with Gasteiger partial charge in [0.2, 0.25) is 5.28 Å². The number of ether oxygens (including phenoxy) is 1. The minimum atomic E-state index is -0.00984. The van der Waals surface area contributed by atoms with Crippen LogP contribution in [0.15, 0.2) is 6.07 Å². The Labute approximate surface area is 120 Å². The number of fused-ring (bicyclic) bond motifs is 1. The van der Waals surface area contributed by atoms with Crippen LogP contribution in [0.4, 0.5) is 5.82 Å². The van der Waals surface area contributed by atoms with Crippen molar-refractivity contribution in [3.05, 3.63) is 16.2 Å². The smallest absolute Gasteiger partial charge is 0.225 e. The third kappa shape index (κ3) is 3.54. The van der Waals surface area contributed by atoms with E-state index in [2.05, 4.69) is 15.3 Å². The lowest BCUT2D eigenvalue weighted by Crippen LogP contribution is -2.26. The van der Waals surface area contributed by atoms with E-state index < -0.39 is 0 Å². The van der Waals surface area contributed by atoms with E-state index in [1.807, 2.05) is 13.0 Å². The molecule has 0 aromatic carbocycles. The number of nitrogens with one attached hydrogen (secondary N) is 1. The molecule has 0 aliphatic carbocycles. The summed E-state index contributed by atoms with van der Waals surface area (Å²) in [5.41, 5.74) is 0. The summed E-state index contributed by atoms with van der Waals surface area (Å²) in [5.74, 6) is 0.690. The third-order valence-electron chi connectivity index (χ3n) is 2.67. The predicted octanol–water partition coefficient (Wildman–Crippen LogP) is 2.46. The molecule has 104 valence electrons. The topological polar surface area (TPSA) is 67.3 Å². The molecule has 0 amide bonds. The van der Waals surface area contributed by atoms with E-state index in [9.17, 15) is 0 Å². The fourth-order valence-electron chi connectivity index (χ4n) is 1.87. The highest BCUT2D eigenvalue weighted by Gasteiger charge is 2.14. The average molecular weight is 302 g/mol. The highest BCUT2D eigenvalue weighted by molar-refractivity contribution is 7.18. The molecule has 0 radical (unpaired) electrons. The maximum atomic E-state index is 9.06. The molecule has 2 heterocycles. The Balaban J connectivity index is 2.32. The average Bonchev–Trinajstić information content (AvgIpc) is 2.70. The van der Waals surface area contributed by atoms with Crippen LogP contribution in [0.1, 0.15) is 11.3 Å². The molecule has 1 atom stereocenters. The Morgan fingerprint density at radius 3 is 3.00 bits per heavy atom. The zero-order valence-corrected chi connectivity index (χ0v) is 12.4. The van der Waals surface area contributed by atoms with Crippen molar-refractivity contribution >= 4 is 39.0 Å². The number of aromatic nitrogens is 2. The molecule has 2 aromatic heterocycles. The molecule has 0 saturated heterocycles. The number of rotatable bonds is 6. The second-order valence-electron chi connectivity index (χ2n) is 4.23. The number of aryl methyl sites for hydroxylation is 1. The van der Waals surface area contributed by atoms with E-state index >= 15 is 0 Å². The SMILES string of the molecule is COCC(CCO)Nc1nc(Cl)nc2sc(C)cc12. The largest absolute Gasteiger partial charge is 0.396 e. The second kappa shape index (κ2) is 6.47. The summed E-state index contributed by atoms with van der Waals surface area (Å²) in [6.07, 6.45) is 0.583. The molecule has 0 spiro atoms. The number of halogens is 1. The first-order valence-corrected chi connectivity index (χ1v) is 7.13. The molecule has 2 N–H and O–H groups in total. The van der Waals surface area contributed by atoms with E-state index in [1.165, 1.54) is 0 Å². The van der Waals surface area contributed by atoms with Crippen LogP contribution in [0.3, 0.4) is 0 Å². The Hall–Kier alpha value is -0.950. The summed E-state index contributed by atoms with van der Waals surface area (Å²) < 4.78 is 5.13. The molecule has 0 aliphatic rings. The summed E-state index contributed by atoms with van der Waals surface area (Å²) >= 11 is 7.51. The molecule has 19 heavy (non-hydrogen) atoms. The zero-order chi connectivity index (χ0) is 13.8. The van der Waals surface area contributed by atoms with Gasteiger partial charge in [0.25, 0.3) is 0 Å². The molecule has 0 fully saturated rings. The lowest BCUT2D eigenvalue weighted by Gasteiger charge is -2.17. The highest BCUT2D eigenvalue weighted by atomic mass is 35.5. The second-order valence-corrected chi connectivity index (χ2v) is 5.80. The molecule has 2 aromatic rings. The van der Waals surface area contributed by atoms with Crippen LogP contribution in [0, 0.1) is 6.92 Å². The van der Waals surface area contributed by atoms with Crippen molar-refractivity contribution < 1.29 is 9.84 Å². The van der Waals surface area contributed by atoms with Crippen LogP contribution in [0.2, 0.25) is 5.28 Å². The van der Waals surface area contributed by atoms with Crippen molar-refractivity contribution in [2.75, 3.05) is 25.6 Å². The van der Waals surface area contributed by atoms with E-state index in [-0.39, 0.29) is 17.9 Å². The molecule has 0 aliphatic heterocycles. The van der Waals surface area contributed by atoms with Gasteiger partial charge in [-0.3, -0.25) is 0 Å². The lowest BCUT2D eigenvalue weighted by molar-refractivity contribution is 0.170. The number of nitrogens with zero attached hydrogens (tertiary/aromatic N) is 2. The van der Waals surface area contributed by atoms with Gasteiger partial charge < -0.3 is 15.2 Å². The van der Waals surface area contributed by atoms with Crippen LogP contribution in [-0.4, -0.2) is 41.4 Å². The predicted molar refractivity (Wildman–Crippen MR) is 78.2 cm³/mol. The maximum Gasteiger partial charge on any atom is 0.225 e. The number of thiophene rings is 1. The fraction of sp³-hybridized carbons (Fsp3) is 0.500. The van der Waals surface area contributed by atoms with Crippen LogP contribution < -0.4 is 5.32 Å². The van der Waals surface area contributed by atoms with Crippen molar-refractivity contribution in [1.29, 1.82) is 0 Å². The van der Waals surface area contributed by atoms with E-state index in [1.54, 1.807) is 18.4 Å². The Morgan fingerprint density at radius 1 is 1.53 bits per heavy atom. The maximum absolute atomic E-state index is 9.06. The first kappa shape index (κ1) is 14.5. The van der Waals surface area contributed by atoms with Gasteiger partial charge in [0, 0.05) is 18.6 Å². The number of methoxy groups -OCH3 is 1. The molecule has 5 nitrogen and oxygen atoms in total. The standard InChI is InChI=1S/C12H16ClN3O2S/c1-7-5-9-10(14-8(3-4-17)6-18-2)15-12(13)16-11(9)19-7/h5,8,17H,3-4,6H2,1-2H3,(H,14,15,16). The molecule has 2 rings (SSSR count). The lowest BCUT2D eigenvalue weighted by atomic mass is 10.2. The molecular weight excluding hydrogens is 286 g/mol. The van der Waals surface area contributed by atoms with E-state index in [0.29, 0.717) is 18.8 Å². The van der Waals surface area contributed by atoms with Gasteiger partial charge in [-0.05, 0) is 31.0 Å². The molecule has 0 saturated carbocycles. The Kier molecular flexibility index (Phi) is 4.93. The molecule has 0 bridgehead atoms. The van der Waals surface area contributed by atoms with Crippen LogP contribution >= 0.6 is 22.9 Å². The minimum Gasteiger partial charge on any atom is -0.396 e. The Bertz CT molecular complexity index is 555.